The molecule has 2 N–H and O–H groups in total. The van der Waals surface area contributed by atoms with Gasteiger partial charge in [0.2, 0.25) is 0 Å². The predicted octanol–water partition coefficient (Wildman–Crippen LogP) is 3.81. The molecule has 0 saturated heterocycles. The van der Waals surface area contributed by atoms with Crippen LogP contribution < -0.4 is 10.6 Å². The van der Waals surface area contributed by atoms with Crippen LogP contribution in [0.2, 0.25) is 0 Å². The average molecular weight is 379 g/mol. The van der Waals surface area contributed by atoms with E-state index in [1.807, 2.05) is 20.0 Å². The summed E-state index contributed by atoms with van der Waals surface area (Å²) in [5, 5.41) is 12.0. The Hall–Kier alpha value is -2.28. The molecule has 7 heteroatoms. The second-order valence-electron chi connectivity index (χ2n) is 5.69. The number of carbonyl (C=O) groups is 1. The van der Waals surface area contributed by atoms with E-state index in [0.29, 0.717) is 18.6 Å². The molecular weight excluding hydrogens is 351 g/mol. The number of thioether (sulfide) groups is 1. The minimum Gasteiger partial charge on any atom is -0.362 e. The summed E-state index contributed by atoms with van der Waals surface area (Å²) in [6.07, 6.45) is 3.92. The number of nitrogens with zero attached hydrogens (tertiary/aromatic N) is 2. The van der Waals surface area contributed by atoms with Crippen LogP contribution in [-0.2, 0) is 11.2 Å². The molecule has 0 fully saturated rings. The number of carbonyl (C=O) groups excluding carboxylic acids is 1. The van der Waals surface area contributed by atoms with Crippen molar-refractivity contribution in [3.05, 3.63) is 59.0 Å². The van der Waals surface area contributed by atoms with Crippen molar-refractivity contribution in [1.82, 2.24) is 15.6 Å². The highest BCUT2D eigenvalue weighted by Crippen LogP contribution is 2.27. The molecule has 2 aliphatic heterocycles. The summed E-state index contributed by atoms with van der Waals surface area (Å²) in [4.78, 5) is 13.4. The number of benzene rings is 1. The number of allylic oxidation sites excluding steroid dienone is 2. The Balaban J connectivity index is 0.00000118. The molecule has 0 radical (unpaired) electrons. The summed E-state index contributed by atoms with van der Waals surface area (Å²) in [5.74, 6) is -0.410. The van der Waals surface area contributed by atoms with Crippen molar-refractivity contribution < 1.29 is 10.6 Å². The normalized spacial score (nSPS) is 19.0. The molecule has 142 valence electrons. The van der Waals surface area contributed by atoms with Crippen LogP contribution in [0.25, 0.3) is 0 Å². The van der Waals surface area contributed by atoms with Gasteiger partial charge in [0.25, 0.3) is 5.91 Å². The van der Waals surface area contributed by atoms with Crippen molar-refractivity contribution in [1.29, 1.82) is 0 Å². The van der Waals surface area contributed by atoms with Gasteiger partial charge >= 0.3 is 0 Å². The Morgan fingerprint density at radius 3 is 2.77 bits per heavy atom. The molecule has 1 aromatic rings. The van der Waals surface area contributed by atoms with Crippen LogP contribution in [0.1, 0.15) is 33.7 Å². The quantitative estimate of drug-likeness (QED) is 0.836. The van der Waals surface area contributed by atoms with Gasteiger partial charge in [0.15, 0.2) is 5.50 Å². The smallest absolute Gasteiger partial charge is 0.269 e. The maximum absolute atomic E-state index is 12.9. The lowest BCUT2D eigenvalue weighted by Crippen LogP contribution is -2.43. The molecule has 0 bridgehead atoms. The number of nitrogens with one attached hydrogen (secondary N) is 2. The fraction of sp³-hybridized carbons (Fsp3) is 0.368. The van der Waals surface area contributed by atoms with Gasteiger partial charge in [-0.15, -0.1) is 0 Å². The van der Waals surface area contributed by atoms with Gasteiger partial charge in [0.1, 0.15) is 11.5 Å². The number of halogens is 1. The monoisotopic (exact) mass is 378 g/mol. The van der Waals surface area contributed by atoms with Crippen molar-refractivity contribution in [2.24, 2.45) is 5.10 Å². The second-order valence-corrected chi connectivity index (χ2v) is 6.92. The van der Waals surface area contributed by atoms with E-state index in [1.54, 1.807) is 36.0 Å². The third kappa shape index (κ3) is 5.36. The van der Waals surface area contributed by atoms with Crippen molar-refractivity contribution in [3.63, 3.8) is 0 Å². The number of hydrazone groups is 1. The van der Waals surface area contributed by atoms with E-state index in [0.717, 1.165) is 22.6 Å². The number of hydrogen-bond donors (Lipinski definition) is 2. The first-order valence-electron chi connectivity index (χ1n) is 8.67. The van der Waals surface area contributed by atoms with Gasteiger partial charge in [-0.3, -0.25) is 9.80 Å². The number of rotatable bonds is 4. The van der Waals surface area contributed by atoms with Gasteiger partial charge in [-0.25, -0.2) is 4.39 Å². The Bertz CT molecular complexity index is 721. The molecule has 0 spiro atoms. The standard InChI is InChI=1S/C17H19FN4OS.C2H6.H2/c1-11-3-8-15(21-22(11)2)16(23)20-17-19-10-14(24-17)9-12-4-6-13(18)7-5-12;1-2;/h4-7,10,17,19H,1,3,8-9H2,2H3,(H,20,23);1-2H3;1H. The van der Waals surface area contributed by atoms with Crippen LogP contribution >= 0.6 is 11.8 Å². The van der Waals surface area contributed by atoms with Crippen molar-refractivity contribution in [2.75, 3.05) is 7.05 Å². The predicted molar refractivity (Wildman–Crippen MR) is 108 cm³/mol. The molecule has 1 atom stereocenters. The Morgan fingerprint density at radius 1 is 1.42 bits per heavy atom. The Morgan fingerprint density at radius 2 is 2.12 bits per heavy atom. The third-order valence-electron chi connectivity index (χ3n) is 3.86. The summed E-state index contributed by atoms with van der Waals surface area (Å²) in [5.41, 5.74) is 2.23. The maximum Gasteiger partial charge on any atom is 0.269 e. The summed E-state index contributed by atoms with van der Waals surface area (Å²) in [6.45, 7) is 7.89. The molecule has 5 nitrogen and oxygen atoms in total. The van der Waals surface area contributed by atoms with Crippen LogP contribution in [0.4, 0.5) is 4.39 Å². The van der Waals surface area contributed by atoms with Crippen LogP contribution in [0.5, 0.6) is 0 Å². The first-order chi connectivity index (χ1) is 12.5. The molecule has 1 aromatic carbocycles. The highest BCUT2D eigenvalue weighted by Gasteiger charge is 2.24. The SMILES string of the molecule is C=C1CCC(C(=O)NC2NC=C(Cc3ccc(F)cc3)S2)=NN1C.CC.[HH]. The maximum atomic E-state index is 12.9. The van der Waals surface area contributed by atoms with Crippen molar-refractivity contribution in [3.8, 4) is 0 Å². The van der Waals surface area contributed by atoms with Crippen LogP contribution in [-0.4, -0.2) is 29.2 Å². The lowest BCUT2D eigenvalue weighted by molar-refractivity contribution is -0.115. The number of hydrogen-bond acceptors (Lipinski definition) is 5. The van der Waals surface area contributed by atoms with E-state index in [2.05, 4.69) is 22.3 Å². The van der Waals surface area contributed by atoms with E-state index in [4.69, 9.17) is 0 Å². The molecule has 3 rings (SSSR count). The third-order valence-corrected chi connectivity index (χ3v) is 4.91. The largest absolute Gasteiger partial charge is 0.362 e. The van der Waals surface area contributed by atoms with Crippen molar-refractivity contribution >= 4 is 23.4 Å². The highest BCUT2D eigenvalue weighted by atomic mass is 32.2. The van der Waals surface area contributed by atoms with Crippen LogP contribution in [0.15, 0.2) is 52.7 Å². The zero-order valence-electron chi connectivity index (χ0n) is 15.4. The molecular formula is C19H27FN4OS. The van der Waals surface area contributed by atoms with Crippen LogP contribution in [0.3, 0.4) is 0 Å². The lowest BCUT2D eigenvalue weighted by atomic mass is 10.1. The van der Waals surface area contributed by atoms with Gasteiger partial charge in [-0.05, 0) is 24.1 Å². The molecule has 2 aliphatic rings. The summed E-state index contributed by atoms with van der Waals surface area (Å²) < 4.78 is 12.9. The molecule has 0 aromatic heterocycles. The summed E-state index contributed by atoms with van der Waals surface area (Å²) >= 11 is 1.54. The molecule has 0 aliphatic carbocycles. The van der Waals surface area contributed by atoms with E-state index in [-0.39, 0.29) is 18.6 Å². The molecule has 1 unspecified atom stereocenters. The van der Waals surface area contributed by atoms with E-state index in [1.165, 1.54) is 12.1 Å². The van der Waals surface area contributed by atoms with E-state index in [9.17, 15) is 9.18 Å². The van der Waals surface area contributed by atoms with Gasteiger partial charge in [-0.2, -0.15) is 5.10 Å². The molecule has 0 saturated carbocycles. The Labute approximate surface area is 159 Å². The minimum atomic E-state index is -0.240. The fourth-order valence-electron chi connectivity index (χ4n) is 2.44. The summed E-state index contributed by atoms with van der Waals surface area (Å²) in [7, 11) is 1.79. The molecule has 1 amide bonds. The average Bonchev–Trinajstić information content (AvgIpc) is 3.08. The first kappa shape index (κ1) is 20.0. The van der Waals surface area contributed by atoms with Crippen LogP contribution in [0, 0.1) is 5.82 Å². The number of amides is 1. The van der Waals surface area contributed by atoms with Crippen molar-refractivity contribution in [2.45, 2.75) is 38.6 Å². The van der Waals surface area contributed by atoms with Gasteiger partial charge < -0.3 is 10.6 Å². The Kier molecular flexibility index (Phi) is 7.26. The summed E-state index contributed by atoms with van der Waals surface area (Å²) in [6, 6.07) is 6.44. The molecule has 26 heavy (non-hydrogen) atoms. The van der Waals surface area contributed by atoms with Gasteiger partial charge in [0, 0.05) is 38.1 Å². The zero-order chi connectivity index (χ0) is 19.1. The topological polar surface area (TPSA) is 56.7 Å². The molecule has 2 heterocycles. The van der Waals surface area contributed by atoms with Gasteiger partial charge in [0.05, 0.1) is 0 Å². The first-order valence-corrected chi connectivity index (χ1v) is 9.55. The fourth-order valence-corrected chi connectivity index (χ4v) is 3.43. The van der Waals surface area contributed by atoms with E-state index >= 15 is 0 Å². The van der Waals surface area contributed by atoms with E-state index < -0.39 is 0 Å². The highest BCUT2D eigenvalue weighted by molar-refractivity contribution is 8.03. The zero-order valence-corrected chi connectivity index (χ0v) is 16.2. The second kappa shape index (κ2) is 9.43. The van der Waals surface area contributed by atoms with Gasteiger partial charge in [-0.1, -0.05) is 44.3 Å². The lowest BCUT2D eigenvalue weighted by Gasteiger charge is -2.23. The minimum absolute atomic E-state index is 0.